The van der Waals surface area contributed by atoms with Gasteiger partial charge in [0.15, 0.2) is 0 Å². The summed E-state index contributed by atoms with van der Waals surface area (Å²) in [6.07, 6.45) is 1.65. The lowest BCUT2D eigenvalue weighted by atomic mass is 10.2. The van der Waals surface area contributed by atoms with Gasteiger partial charge in [-0.15, -0.1) is 0 Å². The van der Waals surface area contributed by atoms with E-state index in [4.69, 9.17) is 5.11 Å². The Morgan fingerprint density at radius 1 is 1.37 bits per heavy atom. The standard InChI is InChI=1S/C13H19N3O3/c1-9(2)16(8-12(17)18)13(19)15-10(3)11-6-4-5-7-14-11/h4-7,9-10H,8H2,1-3H3,(H,15,19)(H,17,18). The van der Waals surface area contributed by atoms with Crippen molar-refractivity contribution in [3.63, 3.8) is 0 Å². The summed E-state index contributed by atoms with van der Waals surface area (Å²) in [5.74, 6) is -1.03. The Morgan fingerprint density at radius 2 is 2.05 bits per heavy atom. The van der Waals surface area contributed by atoms with Gasteiger partial charge in [0.1, 0.15) is 6.54 Å². The number of hydrogen-bond acceptors (Lipinski definition) is 3. The normalized spacial score (nSPS) is 12.0. The SMILES string of the molecule is CC(NC(=O)N(CC(=O)O)C(C)C)c1ccccn1. The predicted molar refractivity (Wildman–Crippen MR) is 70.7 cm³/mol. The van der Waals surface area contributed by atoms with E-state index in [0.29, 0.717) is 0 Å². The van der Waals surface area contributed by atoms with Crippen molar-refractivity contribution in [2.75, 3.05) is 6.54 Å². The summed E-state index contributed by atoms with van der Waals surface area (Å²) in [5, 5.41) is 11.5. The van der Waals surface area contributed by atoms with Crippen molar-refractivity contribution in [2.45, 2.75) is 32.9 Å². The van der Waals surface area contributed by atoms with E-state index < -0.39 is 12.0 Å². The first-order valence-corrected chi connectivity index (χ1v) is 6.11. The highest BCUT2D eigenvalue weighted by Gasteiger charge is 2.21. The third kappa shape index (κ3) is 4.57. The zero-order valence-corrected chi connectivity index (χ0v) is 11.3. The van der Waals surface area contributed by atoms with Crippen LogP contribution in [0.2, 0.25) is 0 Å². The molecule has 1 unspecified atom stereocenters. The van der Waals surface area contributed by atoms with Gasteiger partial charge in [-0.3, -0.25) is 9.78 Å². The number of carboxylic acids is 1. The maximum Gasteiger partial charge on any atom is 0.323 e. The summed E-state index contributed by atoms with van der Waals surface area (Å²) < 4.78 is 0. The molecule has 6 heteroatoms. The lowest BCUT2D eigenvalue weighted by Gasteiger charge is -2.26. The molecule has 1 atom stereocenters. The minimum atomic E-state index is -1.03. The van der Waals surface area contributed by atoms with Crippen molar-refractivity contribution in [2.24, 2.45) is 0 Å². The highest BCUT2D eigenvalue weighted by molar-refractivity contribution is 5.80. The third-order valence-electron chi connectivity index (χ3n) is 2.66. The lowest BCUT2D eigenvalue weighted by molar-refractivity contribution is -0.138. The van der Waals surface area contributed by atoms with Gasteiger partial charge < -0.3 is 15.3 Å². The first-order chi connectivity index (χ1) is 8.91. The summed E-state index contributed by atoms with van der Waals surface area (Å²) in [6, 6.07) is 4.57. The van der Waals surface area contributed by atoms with E-state index in [2.05, 4.69) is 10.3 Å². The molecule has 2 amide bonds. The number of amides is 2. The van der Waals surface area contributed by atoms with Crippen LogP contribution in [0.3, 0.4) is 0 Å². The van der Waals surface area contributed by atoms with Gasteiger partial charge in [-0.05, 0) is 32.9 Å². The fourth-order valence-corrected chi connectivity index (χ4v) is 1.61. The van der Waals surface area contributed by atoms with Crippen molar-refractivity contribution in [3.8, 4) is 0 Å². The summed E-state index contributed by atoms with van der Waals surface area (Å²) in [6.45, 7) is 5.03. The molecular weight excluding hydrogens is 246 g/mol. The molecule has 1 heterocycles. The Morgan fingerprint density at radius 3 is 2.53 bits per heavy atom. The summed E-state index contributed by atoms with van der Waals surface area (Å²) in [7, 11) is 0. The molecule has 6 nitrogen and oxygen atoms in total. The van der Waals surface area contributed by atoms with Gasteiger partial charge in [0.05, 0.1) is 11.7 Å². The molecule has 0 saturated carbocycles. The summed E-state index contributed by atoms with van der Waals surface area (Å²) in [5.41, 5.74) is 0.731. The number of carbonyl (C=O) groups excluding carboxylic acids is 1. The van der Waals surface area contributed by atoms with Gasteiger partial charge >= 0.3 is 12.0 Å². The number of aromatic nitrogens is 1. The molecule has 1 rings (SSSR count). The Balaban J connectivity index is 2.69. The molecule has 0 aliphatic rings. The first kappa shape index (κ1) is 14.9. The van der Waals surface area contributed by atoms with Crippen LogP contribution < -0.4 is 5.32 Å². The molecule has 2 N–H and O–H groups in total. The van der Waals surface area contributed by atoms with E-state index in [-0.39, 0.29) is 18.6 Å². The molecule has 0 bridgehead atoms. The topological polar surface area (TPSA) is 82.5 Å². The number of pyridine rings is 1. The largest absolute Gasteiger partial charge is 0.480 e. The van der Waals surface area contributed by atoms with E-state index in [9.17, 15) is 9.59 Å². The van der Waals surface area contributed by atoms with E-state index >= 15 is 0 Å². The minimum Gasteiger partial charge on any atom is -0.480 e. The van der Waals surface area contributed by atoms with Crippen molar-refractivity contribution in [1.82, 2.24) is 15.2 Å². The zero-order valence-electron chi connectivity index (χ0n) is 11.3. The predicted octanol–water partition coefficient (Wildman–Crippen LogP) is 1.65. The van der Waals surface area contributed by atoms with Crippen LogP contribution in [0.1, 0.15) is 32.5 Å². The maximum atomic E-state index is 12.0. The highest BCUT2D eigenvalue weighted by Crippen LogP contribution is 2.09. The van der Waals surface area contributed by atoms with Crippen molar-refractivity contribution in [3.05, 3.63) is 30.1 Å². The van der Waals surface area contributed by atoms with Crippen LogP contribution in [0.5, 0.6) is 0 Å². The molecule has 1 aromatic rings. The molecule has 19 heavy (non-hydrogen) atoms. The molecule has 0 saturated heterocycles. The van der Waals surface area contributed by atoms with E-state index in [1.54, 1.807) is 33.0 Å². The molecule has 0 fully saturated rings. The lowest BCUT2D eigenvalue weighted by Crippen LogP contribution is -2.47. The fourth-order valence-electron chi connectivity index (χ4n) is 1.61. The monoisotopic (exact) mass is 265 g/mol. The van der Waals surface area contributed by atoms with Crippen LogP contribution in [0, 0.1) is 0 Å². The smallest absolute Gasteiger partial charge is 0.323 e. The average molecular weight is 265 g/mol. The number of rotatable bonds is 5. The number of nitrogens with zero attached hydrogens (tertiary/aromatic N) is 2. The van der Waals surface area contributed by atoms with Crippen LogP contribution in [0.4, 0.5) is 4.79 Å². The first-order valence-electron chi connectivity index (χ1n) is 6.11. The van der Waals surface area contributed by atoms with Gasteiger partial charge in [-0.1, -0.05) is 6.07 Å². The molecule has 0 spiro atoms. The molecule has 0 aliphatic heterocycles. The van der Waals surface area contributed by atoms with Crippen molar-refractivity contribution >= 4 is 12.0 Å². The molecule has 0 radical (unpaired) electrons. The number of carboxylic acid groups (broad SMARTS) is 1. The Kier molecular flexibility index (Phi) is 5.29. The molecule has 0 aromatic carbocycles. The van der Waals surface area contributed by atoms with Crippen molar-refractivity contribution in [1.29, 1.82) is 0 Å². The Hall–Kier alpha value is -2.11. The Labute approximate surface area is 112 Å². The van der Waals surface area contributed by atoms with Gasteiger partial charge in [-0.2, -0.15) is 0 Å². The zero-order chi connectivity index (χ0) is 14.4. The summed E-state index contributed by atoms with van der Waals surface area (Å²) >= 11 is 0. The second-order valence-corrected chi connectivity index (χ2v) is 4.54. The second-order valence-electron chi connectivity index (χ2n) is 4.54. The average Bonchev–Trinajstić information content (AvgIpc) is 2.36. The minimum absolute atomic E-state index is 0.188. The van der Waals surface area contributed by atoms with E-state index in [1.807, 2.05) is 12.1 Å². The number of hydrogen-bond donors (Lipinski definition) is 2. The number of nitrogens with one attached hydrogen (secondary N) is 1. The van der Waals surface area contributed by atoms with Gasteiger partial charge in [-0.25, -0.2) is 4.79 Å². The number of carbonyl (C=O) groups is 2. The number of aliphatic carboxylic acids is 1. The van der Waals surface area contributed by atoms with Crippen molar-refractivity contribution < 1.29 is 14.7 Å². The molecular formula is C13H19N3O3. The third-order valence-corrected chi connectivity index (χ3v) is 2.66. The Bertz CT molecular complexity index is 434. The van der Waals surface area contributed by atoms with Crippen LogP contribution in [0.25, 0.3) is 0 Å². The van der Waals surface area contributed by atoms with Crippen LogP contribution >= 0.6 is 0 Å². The number of urea groups is 1. The van der Waals surface area contributed by atoms with Crippen LogP contribution in [-0.4, -0.2) is 39.6 Å². The van der Waals surface area contributed by atoms with E-state index in [1.165, 1.54) is 4.90 Å². The molecule has 0 aliphatic carbocycles. The van der Waals surface area contributed by atoms with Gasteiger partial charge in [0.25, 0.3) is 0 Å². The van der Waals surface area contributed by atoms with E-state index in [0.717, 1.165) is 5.69 Å². The van der Waals surface area contributed by atoms with Crippen LogP contribution in [-0.2, 0) is 4.79 Å². The second kappa shape index (κ2) is 6.72. The summed E-state index contributed by atoms with van der Waals surface area (Å²) in [4.78, 5) is 28.2. The highest BCUT2D eigenvalue weighted by atomic mass is 16.4. The molecule has 104 valence electrons. The van der Waals surface area contributed by atoms with Crippen LogP contribution in [0.15, 0.2) is 24.4 Å². The van der Waals surface area contributed by atoms with Gasteiger partial charge in [0.2, 0.25) is 0 Å². The van der Waals surface area contributed by atoms with Gasteiger partial charge in [0, 0.05) is 12.2 Å². The maximum absolute atomic E-state index is 12.0. The fraction of sp³-hybridized carbons (Fsp3) is 0.462. The quantitative estimate of drug-likeness (QED) is 0.848. The molecule has 1 aromatic heterocycles.